The number of benzene rings is 1. The second-order valence-electron chi connectivity index (χ2n) is 4.71. The molecule has 6 heteroatoms. The van der Waals surface area contributed by atoms with E-state index in [1.54, 1.807) is 11.8 Å². The molecule has 1 saturated heterocycles. The van der Waals surface area contributed by atoms with Crippen molar-refractivity contribution < 1.29 is 4.74 Å². The lowest BCUT2D eigenvalue weighted by atomic mass is 10.1. The number of hydrogen-bond donors (Lipinski definition) is 1. The molecule has 0 saturated carbocycles. The molecule has 3 rings (SSSR count). The number of hydrogen-bond acceptors (Lipinski definition) is 5. The molecule has 100 valence electrons. The minimum absolute atomic E-state index is 0.482. The highest BCUT2D eigenvalue weighted by atomic mass is 16.5. The maximum Gasteiger partial charge on any atom is 0.158 e. The quantitative estimate of drug-likeness (QED) is 0.886. The van der Waals surface area contributed by atoms with E-state index in [1.165, 1.54) is 12.8 Å². The summed E-state index contributed by atoms with van der Waals surface area (Å²) in [4.78, 5) is 0. The summed E-state index contributed by atoms with van der Waals surface area (Å²) in [7, 11) is 1.65. The summed E-state index contributed by atoms with van der Waals surface area (Å²) in [6, 6.07) is 8.24. The molecular formula is C13H17N5O. The SMILES string of the molecule is COc1cccc(-n2nnnc2CC2CCCN2)c1. The van der Waals surface area contributed by atoms with E-state index in [9.17, 15) is 0 Å². The normalized spacial score (nSPS) is 18.7. The number of rotatable bonds is 4. The van der Waals surface area contributed by atoms with Crippen LogP contribution in [0.15, 0.2) is 24.3 Å². The summed E-state index contributed by atoms with van der Waals surface area (Å²) >= 11 is 0. The van der Waals surface area contributed by atoms with Crippen LogP contribution in [-0.2, 0) is 6.42 Å². The molecule has 1 N–H and O–H groups in total. The van der Waals surface area contributed by atoms with Crippen molar-refractivity contribution >= 4 is 0 Å². The Bertz CT molecular complexity index is 547. The van der Waals surface area contributed by atoms with E-state index in [1.807, 2.05) is 24.3 Å². The Balaban J connectivity index is 1.85. The monoisotopic (exact) mass is 259 g/mol. The van der Waals surface area contributed by atoms with E-state index in [0.717, 1.165) is 30.2 Å². The van der Waals surface area contributed by atoms with E-state index < -0.39 is 0 Å². The smallest absolute Gasteiger partial charge is 0.158 e. The number of ether oxygens (including phenoxy) is 1. The lowest BCUT2D eigenvalue weighted by Gasteiger charge is -2.10. The van der Waals surface area contributed by atoms with Gasteiger partial charge in [-0.2, -0.15) is 4.68 Å². The van der Waals surface area contributed by atoms with Gasteiger partial charge in [-0.15, -0.1) is 5.10 Å². The van der Waals surface area contributed by atoms with E-state index >= 15 is 0 Å². The van der Waals surface area contributed by atoms with Crippen LogP contribution in [0.1, 0.15) is 18.7 Å². The summed E-state index contributed by atoms with van der Waals surface area (Å²) in [5.41, 5.74) is 0.928. The average Bonchev–Trinajstić information content (AvgIpc) is 3.11. The lowest BCUT2D eigenvalue weighted by molar-refractivity contribution is 0.414. The Morgan fingerprint density at radius 3 is 3.21 bits per heavy atom. The molecule has 1 aromatic carbocycles. The summed E-state index contributed by atoms with van der Waals surface area (Å²) in [5.74, 6) is 1.69. The van der Waals surface area contributed by atoms with Gasteiger partial charge in [0.2, 0.25) is 0 Å². The predicted molar refractivity (Wildman–Crippen MR) is 70.4 cm³/mol. The fourth-order valence-corrected chi connectivity index (χ4v) is 2.43. The molecule has 6 nitrogen and oxygen atoms in total. The van der Waals surface area contributed by atoms with Gasteiger partial charge in [-0.05, 0) is 41.9 Å². The van der Waals surface area contributed by atoms with Crippen LogP contribution in [0.3, 0.4) is 0 Å². The number of aromatic nitrogens is 4. The van der Waals surface area contributed by atoms with Gasteiger partial charge in [0.1, 0.15) is 5.75 Å². The lowest BCUT2D eigenvalue weighted by Crippen LogP contribution is -2.25. The molecule has 0 aliphatic carbocycles. The minimum atomic E-state index is 0.482. The molecule has 1 fully saturated rings. The molecule has 1 aliphatic heterocycles. The number of tetrazole rings is 1. The van der Waals surface area contributed by atoms with Crippen LogP contribution in [0, 0.1) is 0 Å². The summed E-state index contributed by atoms with van der Waals surface area (Å²) in [6.07, 6.45) is 3.26. The second kappa shape index (κ2) is 5.36. The zero-order valence-corrected chi connectivity index (χ0v) is 10.9. The third-order valence-corrected chi connectivity index (χ3v) is 3.42. The molecule has 1 unspecified atom stereocenters. The molecule has 2 aromatic rings. The average molecular weight is 259 g/mol. The van der Waals surface area contributed by atoms with Gasteiger partial charge in [-0.25, -0.2) is 0 Å². The van der Waals surface area contributed by atoms with Crippen LogP contribution in [0.5, 0.6) is 5.75 Å². The van der Waals surface area contributed by atoms with Gasteiger partial charge in [-0.3, -0.25) is 0 Å². The topological polar surface area (TPSA) is 64.9 Å². The van der Waals surface area contributed by atoms with E-state index in [2.05, 4.69) is 20.8 Å². The van der Waals surface area contributed by atoms with Crippen molar-refractivity contribution in [2.24, 2.45) is 0 Å². The van der Waals surface area contributed by atoms with Gasteiger partial charge < -0.3 is 10.1 Å². The predicted octanol–water partition coefficient (Wildman–Crippen LogP) is 0.965. The summed E-state index contributed by atoms with van der Waals surface area (Å²) in [6.45, 7) is 1.09. The van der Waals surface area contributed by atoms with Crippen molar-refractivity contribution in [1.82, 2.24) is 25.5 Å². The van der Waals surface area contributed by atoms with Crippen LogP contribution in [0.2, 0.25) is 0 Å². The molecule has 0 bridgehead atoms. The zero-order chi connectivity index (χ0) is 13.1. The molecule has 1 aliphatic rings. The largest absolute Gasteiger partial charge is 0.497 e. The minimum Gasteiger partial charge on any atom is -0.497 e. The highest BCUT2D eigenvalue weighted by Gasteiger charge is 2.18. The third-order valence-electron chi connectivity index (χ3n) is 3.42. The third kappa shape index (κ3) is 2.58. The van der Waals surface area contributed by atoms with Gasteiger partial charge in [0.25, 0.3) is 0 Å². The number of methoxy groups -OCH3 is 1. The fraction of sp³-hybridized carbons (Fsp3) is 0.462. The first-order valence-electron chi connectivity index (χ1n) is 6.52. The van der Waals surface area contributed by atoms with Crippen molar-refractivity contribution in [1.29, 1.82) is 0 Å². The number of nitrogens with zero attached hydrogens (tertiary/aromatic N) is 4. The molecule has 0 amide bonds. The van der Waals surface area contributed by atoms with Crippen LogP contribution >= 0.6 is 0 Å². The van der Waals surface area contributed by atoms with Crippen LogP contribution in [-0.4, -0.2) is 39.9 Å². The Labute approximate surface area is 111 Å². The van der Waals surface area contributed by atoms with E-state index in [-0.39, 0.29) is 0 Å². The van der Waals surface area contributed by atoms with Crippen molar-refractivity contribution in [3.8, 4) is 11.4 Å². The maximum atomic E-state index is 5.23. The Morgan fingerprint density at radius 2 is 2.42 bits per heavy atom. The van der Waals surface area contributed by atoms with E-state index in [4.69, 9.17) is 4.74 Å². The molecule has 0 spiro atoms. The first kappa shape index (κ1) is 12.1. The second-order valence-corrected chi connectivity index (χ2v) is 4.71. The van der Waals surface area contributed by atoms with Gasteiger partial charge in [0.15, 0.2) is 5.82 Å². The summed E-state index contributed by atoms with van der Waals surface area (Å²) < 4.78 is 7.01. The zero-order valence-electron chi connectivity index (χ0n) is 10.9. The van der Waals surface area contributed by atoms with Crippen LogP contribution in [0.25, 0.3) is 5.69 Å². The van der Waals surface area contributed by atoms with Crippen molar-refractivity contribution in [3.05, 3.63) is 30.1 Å². The van der Waals surface area contributed by atoms with Crippen LogP contribution in [0.4, 0.5) is 0 Å². The van der Waals surface area contributed by atoms with Crippen LogP contribution < -0.4 is 10.1 Å². The van der Waals surface area contributed by atoms with Gasteiger partial charge in [0.05, 0.1) is 12.8 Å². The van der Waals surface area contributed by atoms with Gasteiger partial charge in [0, 0.05) is 18.5 Å². The highest BCUT2D eigenvalue weighted by Crippen LogP contribution is 2.17. The van der Waals surface area contributed by atoms with E-state index in [0.29, 0.717) is 6.04 Å². The first-order chi connectivity index (χ1) is 9.36. The first-order valence-corrected chi connectivity index (χ1v) is 6.52. The van der Waals surface area contributed by atoms with Gasteiger partial charge >= 0.3 is 0 Å². The molecule has 1 aromatic heterocycles. The van der Waals surface area contributed by atoms with Crippen molar-refractivity contribution in [2.75, 3.05) is 13.7 Å². The molecule has 1 atom stereocenters. The van der Waals surface area contributed by atoms with Crippen molar-refractivity contribution in [2.45, 2.75) is 25.3 Å². The Morgan fingerprint density at radius 1 is 1.47 bits per heavy atom. The standard InChI is InChI=1S/C13H17N5O/c1-19-12-6-2-5-11(9-12)18-13(15-16-17-18)8-10-4-3-7-14-10/h2,5-6,9-10,14H,3-4,7-8H2,1H3. The molecule has 2 heterocycles. The molecular weight excluding hydrogens is 242 g/mol. The Kier molecular flexibility index (Phi) is 3.41. The fourth-order valence-electron chi connectivity index (χ4n) is 2.43. The molecule has 0 radical (unpaired) electrons. The Hall–Kier alpha value is -1.95. The maximum absolute atomic E-state index is 5.23. The van der Waals surface area contributed by atoms with Crippen molar-refractivity contribution in [3.63, 3.8) is 0 Å². The van der Waals surface area contributed by atoms with Gasteiger partial charge in [-0.1, -0.05) is 6.07 Å². The number of nitrogens with one attached hydrogen (secondary N) is 1. The molecule has 19 heavy (non-hydrogen) atoms. The summed E-state index contributed by atoms with van der Waals surface area (Å²) in [5, 5.41) is 15.5. The highest BCUT2D eigenvalue weighted by molar-refractivity contribution is 5.38.